The van der Waals surface area contributed by atoms with Crippen LogP contribution in [0.1, 0.15) is 41.0 Å². The summed E-state index contributed by atoms with van der Waals surface area (Å²) in [5, 5.41) is 0. The Morgan fingerprint density at radius 3 is 2.44 bits per heavy atom. The summed E-state index contributed by atoms with van der Waals surface area (Å²) in [4.78, 5) is 2.29. The summed E-state index contributed by atoms with van der Waals surface area (Å²) < 4.78 is 52.0. The summed E-state index contributed by atoms with van der Waals surface area (Å²) >= 11 is 0. The van der Waals surface area contributed by atoms with Crippen molar-refractivity contribution >= 4 is 0 Å². The number of piperidine rings is 1. The van der Waals surface area contributed by atoms with Gasteiger partial charge < -0.3 is 0 Å². The minimum Gasteiger partial charge on any atom is -0.298 e. The number of hydrogen-bond acceptors (Lipinski definition) is 1. The van der Waals surface area contributed by atoms with Crippen molar-refractivity contribution in [1.29, 1.82) is 0 Å². The predicted molar refractivity (Wildman–Crippen MR) is 89.8 cm³/mol. The third-order valence-corrected chi connectivity index (χ3v) is 4.80. The van der Waals surface area contributed by atoms with Crippen molar-refractivity contribution in [3.63, 3.8) is 0 Å². The molecule has 0 bridgehead atoms. The average molecular weight is 351 g/mol. The molecule has 5 heteroatoms. The number of rotatable bonds is 3. The van der Waals surface area contributed by atoms with Gasteiger partial charge in [-0.3, -0.25) is 4.90 Å². The van der Waals surface area contributed by atoms with E-state index in [0.717, 1.165) is 44.6 Å². The summed E-state index contributed by atoms with van der Waals surface area (Å²) in [6, 6.07) is 11.7. The number of likely N-dealkylation sites (tertiary alicyclic amines) is 1. The molecule has 1 saturated heterocycles. The number of halogens is 4. The molecule has 0 radical (unpaired) electrons. The lowest BCUT2D eigenvalue weighted by molar-refractivity contribution is -0.140. The first kappa shape index (κ1) is 17.9. The van der Waals surface area contributed by atoms with Gasteiger partial charge in [-0.25, -0.2) is 4.39 Å². The van der Waals surface area contributed by atoms with Crippen molar-refractivity contribution in [2.24, 2.45) is 0 Å². The zero-order valence-electron chi connectivity index (χ0n) is 14.1. The molecule has 0 spiro atoms. The number of hydrogen-bond donors (Lipinski definition) is 0. The van der Waals surface area contributed by atoms with Crippen molar-refractivity contribution in [3.8, 4) is 0 Å². The predicted octanol–water partition coefficient (Wildman–Crippen LogP) is 5.53. The molecular formula is C20H21F4N. The van der Waals surface area contributed by atoms with E-state index in [9.17, 15) is 17.6 Å². The van der Waals surface area contributed by atoms with Crippen LogP contribution in [-0.4, -0.2) is 18.0 Å². The molecule has 1 atom stereocenters. The van der Waals surface area contributed by atoms with Crippen LogP contribution in [0.25, 0.3) is 0 Å². The van der Waals surface area contributed by atoms with Crippen molar-refractivity contribution in [1.82, 2.24) is 4.90 Å². The lowest BCUT2D eigenvalue weighted by Gasteiger charge is -2.33. The third kappa shape index (κ3) is 4.40. The molecule has 0 saturated carbocycles. The van der Waals surface area contributed by atoms with E-state index >= 15 is 0 Å². The maximum atomic E-state index is 13.8. The Morgan fingerprint density at radius 1 is 1.08 bits per heavy atom. The molecule has 134 valence electrons. The van der Waals surface area contributed by atoms with Gasteiger partial charge >= 0.3 is 6.18 Å². The van der Waals surface area contributed by atoms with Crippen LogP contribution in [0.2, 0.25) is 0 Å². The van der Waals surface area contributed by atoms with Crippen LogP contribution in [0.15, 0.2) is 42.5 Å². The van der Waals surface area contributed by atoms with E-state index in [1.165, 1.54) is 17.2 Å². The van der Waals surface area contributed by atoms with Crippen molar-refractivity contribution < 1.29 is 17.6 Å². The van der Waals surface area contributed by atoms with Gasteiger partial charge in [0.2, 0.25) is 0 Å². The lowest BCUT2D eigenvalue weighted by Crippen LogP contribution is -2.34. The molecule has 25 heavy (non-hydrogen) atoms. The fourth-order valence-corrected chi connectivity index (χ4v) is 3.44. The van der Waals surface area contributed by atoms with E-state index in [0.29, 0.717) is 5.56 Å². The van der Waals surface area contributed by atoms with E-state index in [4.69, 9.17) is 0 Å². The van der Waals surface area contributed by atoms with E-state index in [1.807, 2.05) is 6.92 Å². The van der Waals surface area contributed by atoms with Gasteiger partial charge in [0.05, 0.1) is 5.56 Å². The Labute approximate surface area is 145 Å². The minimum absolute atomic E-state index is 0.0657. The largest absolute Gasteiger partial charge is 0.419 e. The third-order valence-electron chi connectivity index (χ3n) is 4.80. The SMILES string of the molecule is Cc1ccc(CN2CCCC(c3ccc(C(F)(F)F)c(F)c3)C2)cc1. The molecule has 1 nitrogen and oxygen atoms in total. The van der Waals surface area contributed by atoms with Gasteiger partial charge in [-0.05, 0) is 55.5 Å². The molecule has 1 unspecified atom stereocenters. The standard InChI is InChI=1S/C20H21F4N/c1-14-4-6-15(7-5-14)12-25-10-2-3-17(13-25)16-8-9-18(19(21)11-16)20(22,23)24/h4-9,11,17H,2-3,10,12-13H2,1H3. The van der Waals surface area contributed by atoms with Crippen LogP contribution in [0, 0.1) is 12.7 Å². The molecule has 0 aliphatic carbocycles. The molecular weight excluding hydrogens is 330 g/mol. The fraction of sp³-hybridized carbons (Fsp3) is 0.400. The second-order valence-corrected chi connectivity index (χ2v) is 6.80. The Morgan fingerprint density at radius 2 is 1.80 bits per heavy atom. The van der Waals surface area contributed by atoms with Crippen LogP contribution in [0.5, 0.6) is 0 Å². The lowest BCUT2D eigenvalue weighted by atomic mass is 9.89. The van der Waals surface area contributed by atoms with E-state index in [1.54, 1.807) is 0 Å². The van der Waals surface area contributed by atoms with E-state index in [-0.39, 0.29) is 5.92 Å². The average Bonchev–Trinajstić information content (AvgIpc) is 2.56. The second kappa shape index (κ2) is 7.16. The van der Waals surface area contributed by atoms with Gasteiger partial charge in [0, 0.05) is 13.1 Å². The first-order chi connectivity index (χ1) is 11.8. The number of nitrogens with zero attached hydrogens (tertiary/aromatic N) is 1. The highest BCUT2D eigenvalue weighted by Gasteiger charge is 2.34. The summed E-state index contributed by atoms with van der Waals surface area (Å²) in [7, 11) is 0. The van der Waals surface area contributed by atoms with Gasteiger partial charge in [0.15, 0.2) is 0 Å². The van der Waals surface area contributed by atoms with Crippen LogP contribution in [-0.2, 0) is 12.7 Å². The van der Waals surface area contributed by atoms with E-state index < -0.39 is 17.6 Å². The highest BCUT2D eigenvalue weighted by molar-refractivity contribution is 5.29. The first-order valence-electron chi connectivity index (χ1n) is 8.47. The van der Waals surface area contributed by atoms with Crippen molar-refractivity contribution in [2.75, 3.05) is 13.1 Å². The van der Waals surface area contributed by atoms with Gasteiger partial charge in [0.25, 0.3) is 0 Å². The van der Waals surface area contributed by atoms with Crippen molar-refractivity contribution in [3.05, 3.63) is 70.5 Å². The quantitative estimate of drug-likeness (QED) is 0.657. The topological polar surface area (TPSA) is 3.24 Å². The highest BCUT2D eigenvalue weighted by Crippen LogP contribution is 2.34. The molecule has 1 heterocycles. The maximum Gasteiger partial charge on any atom is 0.419 e. The molecule has 1 fully saturated rings. The Bertz CT molecular complexity index is 721. The van der Waals surface area contributed by atoms with Crippen molar-refractivity contribution in [2.45, 2.75) is 38.4 Å². The normalized spacial score (nSPS) is 19.2. The molecule has 1 aliphatic heterocycles. The van der Waals surface area contributed by atoms with Crippen LogP contribution >= 0.6 is 0 Å². The molecule has 2 aromatic carbocycles. The Hall–Kier alpha value is -1.88. The summed E-state index contributed by atoms with van der Waals surface area (Å²) in [6.45, 7) is 4.53. The Kier molecular flexibility index (Phi) is 5.13. The molecule has 0 aromatic heterocycles. The van der Waals surface area contributed by atoms with Gasteiger partial charge in [-0.1, -0.05) is 35.9 Å². The maximum absolute atomic E-state index is 13.8. The van der Waals surface area contributed by atoms with E-state index in [2.05, 4.69) is 29.2 Å². The number of benzene rings is 2. The molecule has 0 N–H and O–H groups in total. The molecule has 1 aliphatic rings. The van der Waals surface area contributed by atoms with Gasteiger partial charge in [-0.2, -0.15) is 13.2 Å². The van der Waals surface area contributed by atoms with Crippen LogP contribution in [0.4, 0.5) is 17.6 Å². The summed E-state index contributed by atoms with van der Waals surface area (Å²) in [6.07, 6.45) is -2.82. The zero-order chi connectivity index (χ0) is 18.0. The first-order valence-corrected chi connectivity index (χ1v) is 8.47. The Balaban J connectivity index is 1.71. The highest BCUT2D eigenvalue weighted by atomic mass is 19.4. The monoisotopic (exact) mass is 351 g/mol. The number of aryl methyl sites for hydroxylation is 1. The second-order valence-electron chi connectivity index (χ2n) is 6.80. The van der Waals surface area contributed by atoms with Crippen LogP contribution < -0.4 is 0 Å². The fourth-order valence-electron chi connectivity index (χ4n) is 3.44. The van der Waals surface area contributed by atoms with Crippen LogP contribution in [0.3, 0.4) is 0 Å². The molecule has 0 amide bonds. The zero-order valence-corrected chi connectivity index (χ0v) is 14.1. The van der Waals surface area contributed by atoms with Gasteiger partial charge in [-0.15, -0.1) is 0 Å². The van der Waals surface area contributed by atoms with Gasteiger partial charge in [0.1, 0.15) is 5.82 Å². The number of alkyl halides is 3. The molecule has 3 rings (SSSR count). The summed E-state index contributed by atoms with van der Waals surface area (Å²) in [5.41, 5.74) is 1.88. The summed E-state index contributed by atoms with van der Waals surface area (Å²) in [5.74, 6) is -1.11. The molecule has 2 aromatic rings. The minimum atomic E-state index is -4.65. The smallest absolute Gasteiger partial charge is 0.298 e.